The van der Waals surface area contributed by atoms with Gasteiger partial charge >= 0.3 is 5.97 Å². The Hall–Kier alpha value is -9.85. The van der Waals surface area contributed by atoms with Crippen molar-refractivity contribution >= 4 is 79.9 Å². The molecule has 1 aliphatic carbocycles. The minimum Gasteiger partial charge on any atom is -0.490 e. The molecule has 5 aromatic rings. The highest BCUT2D eigenvalue weighted by Crippen LogP contribution is 2.33. The summed E-state index contributed by atoms with van der Waals surface area (Å²) in [6, 6.07) is 13.5. The Morgan fingerprint density at radius 2 is 1.25 bits per heavy atom. The van der Waals surface area contributed by atoms with E-state index in [-0.39, 0.29) is 65.0 Å². The lowest BCUT2D eigenvalue weighted by molar-refractivity contribution is -0.145. The number of benzene rings is 4. The number of amides is 9. The second-order valence-electron chi connectivity index (χ2n) is 27.5. The van der Waals surface area contributed by atoms with Gasteiger partial charge in [-0.25, -0.2) is 17.9 Å². The van der Waals surface area contributed by atoms with E-state index in [1.54, 1.807) is 122 Å². The maximum absolute atomic E-state index is 15.1. The summed E-state index contributed by atoms with van der Waals surface area (Å²) in [5, 5.41) is 42.0. The van der Waals surface area contributed by atoms with Gasteiger partial charge in [0.05, 0.1) is 42.3 Å². The molecule has 7 aliphatic rings. The van der Waals surface area contributed by atoms with E-state index in [1.165, 1.54) is 28.3 Å². The summed E-state index contributed by atoms with van der Waals surface area (Å²) < 4.78 is 48.7. The summed E-state index contributed by atoms with van der Waals surface area (Å²) >= 11 is 0. The van der Waals surface area contributed by atoms with Crippen molar-refractivity contribution in [2.45, 2.75) is 178 Å². The second-order valence-corrected chi connectivity index (χ2v) is 29.4. The molecule has 9 amide bonds. The van der Waals surface area contributed by atoms with Gasteiger partial charge in [0.1, 0.15) is 78.7 Å². The number of rotatable bonds is 14. The zero-order chi connectivity index (χ0) is 73.7. The van der Waals surface area contributed by atoms with Gasteiger partial charge in [-0.15, -0.1) is 5.10 Å². The van der Waals surface area contributed by atoms with Gasteiger partial charge < -0.3 is 71.7 Å². The molecule has 31 heteroatoms. The van der Waals surface area contributed by atoms with Crippen LogP contribution in [0.25, 0.3) is 10.8 Å². The van der Waals surface area contributed by atoms with Crippen molar-refractivity contribution in [3.8, 4) is 11.5 Å². The van der Waals surface area contributed by atoms with Crippen LogP contribution in [0.4, 0.5) is 0 Å². The molecule has 1 aromatic heterocycles. The number of aromatic nitrogens is 3. The minimum absolute atomic E-state index is 0.00117. The van der Waals surface area contributed by atoms with Gasteiger partial charge in [-0.1, -0.05) is 98.8 Å². The maximum Gasteiger partial charge on any atom is 0.326 e. The van der Waals surface area contributed by atoms with Crippen molar-refractivity contribution in [2.75, 3.05) is 40.4 Å². The van der Waals surface area contributed by atoms with E-state index >= 15 is 4.79 Å². The molecule has 10 bridgehead atoms. The van der Waals surface area contributed by atoms with Crippen molar-refractivity contribution in [3.63, 3.8) is 0 Å². The standard InChI is InChI=1S/C71H92N14O16S/c1-40(72-8)61(86)75-43(4)68(93)84-38-53-35-59(84)67(92)77-55(33-46-16-21-47-14-10-11-15-48(47)30-46)64(89)76-56(65(90)81-102(97,98)54-26-27-54)31-44-19-24-52(25-20-44)101-39-49-36-85(82-80-49)50-34-58(83(37-50)69(94)60(71(5,6)7)79-62(87)41(2)73-9)66(91)74-42(3)63(88)78-57(70(95)96)32-45-17-22-51(23-18-45)99-28-12-13-29-100-53/h10-25,30,36,40-43,50,53-60,72-73H,26-29,31-35,37-39H2,1-9H3,(H,74,91)(H,75,86)(H,76,89)(H,77,92)(H,78,88)(H,79,87)(H,81,90)(H,95,96). The lowest BCUT2D eigenvalue weighted by Crippen LogP contribution is -2.60. The van der Waals surface area contributed by atoms with Gasteiger partial charge in [-0.05, 0) is 118 Å². The highest BCUT2D eigenvalue weighted by atomic mass is 32.2. The molecule has 30 nitrogen and oxygen atoms in total. The van der Waals surface area contributed by atoms with E-state index in [0.717, 1.165) is 10.8 Å². The fourth-order valence-corrected chi connectivity index (χ4v) is 13.5. The largest absolute Gasteiger partial charge is 0.490 e. The van der Waals surface area contributed by atoms with Crippen LogP contribution in [0.5, 0.6) is 11.5 Å². The Balaban J connectivity index is 1.01. The molecule has 0 spiro atoms. The Morgan fingerprint density at radius 1 is 0.667 bits per heavy atom. The third-order valence-electron chi connectivity index (χ3n) is 18.6. The van der Waals surface area contributed by atoms with Crippen LogP contribution in [-0.2, 0) is 88.6 Å². The van der Waals surface area contributed by atoms with Crippen molar-refractivity contribution in [1.82, 2.24) is 72.1 Å². The van der Waals surface area contributed by atoms with Crippen LogP contribution in [0.2, 0.25) is 0 Å². The number of likely N-dealkylation sites (tertiary alicyclic amines) is 2. The molecule has 6 aliphatic heterocycles. The van der Waals surface area contributed by atoms with Gasteiger partial charge in [0.25, 0.3) is 5.91 Å². The summed E-state index contributed by atoms with van der Waals surface area (Å²) in [4.78, 5) is 144. The highest BCUT2D eigenvalue weighted by Gasteiger charge is 2.48. The van der Waals surface area contributed by atoms with Crippen molar-refractivity contribution < 1.29 is 75.7 Å². The number of hydrogen-bond acceptors (Lipinski definition) is 19. The number of carbonyl (C=O) groups excluding carboxylic acids is 9. The van der Waals surface area contributed by atoms with Gasteiger partial charge in [-0.2, -0.15) is 0 Å². The summed E-state index contributed by atoms with van der Waals surface area (Å²) in [7, 11) is -0.964. The third kappa shape index (κ3) is 20.0. The SMILES string of the molecule is CNC(C)C(=O)NC(C)C(=O)N1CC2CC1C(=O)NC(Cc1ccc3ccccc3c1)C(=O)NC(C(=O)NS(=O)(=O)C1CC1)Cc1ccc(cc1)OCc1cn(nn1)C1CC(C(=O)NC(C)C(=O)NC(C(=O)O)Cc3ccc(cc3)OCC=CCO2)N(C(=O)C(NC(=O)C(C)NC)C(C)(C)C)C1. The fourth-order valence-electron chi connectivity index (χ4n) is 12.1. The first-order valence-corrected chi connectivity index (χ1v) is 35.7. The monoisotopic (exact) mass is 1430 g/mol. The molecule has 7 heterocycles. The Labute approximate surface area is 591 Å². The molecule has 10 N–H and O–H groups in total. The van der Waals surface area contributed by atoms with Crippen molar-refractivity contribution in [1.29, 1.82) is 0 Å². The Kier molecular flexibility index (Phi) is 25.3. The molecule has 12 unspecified atom stereocenters. The van der Waals surface area contributed by atoms with Crippen LogP contribution in [-0.4, -0.2) is 210 Å². The van der Waals surface area contributed by atoms with Gasteiger partial charge in [-0.3, -0.25) is 47.9 Å². The third-order valence-corrected chi connectivity index (χ3v) is 20.4. The average Bonchev–Trinajstić information content (AvgIpc) is 1.63. The van der Waals surface area contributed by atoms with Crippen LogP contribution in [0.15, 0.2) is 109 Å². The van der Waals surface area contributed by atoms with E-state index in [0.29, 0.717) is 46.7 Å². The highest BCUT2D eigenvalue weighted by molar-refractivity contribution is 7.91. The van der Waals surface area contributed by atoms with Crippen LogP contribution in [0.3, 0.4) is 0 Å². The smallest absolute Gasteiger partial charge is 0.326 e. The predicted octanol–water partition coefficient (Wildman–Crippen LogP) is 1.02. The number of carboxylic acid groups (broad SMARTS) is 1. The summed E-state index contributed by atoms with van der Waals surface area (Å²) in [6.07, 6.45) is 4.29. The van der Waals surface area contributed by atoms with Crippen LogP contribution in [0, 0.1) is 5.41 Å². The molecule has 102 heavy (non-hydrogen) atoms. The van der Waals surface area contributed by atoms with E-state index in [2.05, 4.69) is 57.6 Å². The molecule has 0 radical (unpaired) electrons. The number of aliphatic carboxylic acids is 1. The summed E-state index contributed by atoms with van der Waals surface area (Å²) in [6.45, 7) is 11.2. The number of carboxylic acids is 1. The van der Waals surface area contributed by atoms with Crippen molar-refractivity contribution in [2.24, 2.45) is 5.41 Å². The number of nitrogens with one attached hydrogen (secondary N) is 9. The minimum atomic E-state index is -4.15. The number of fused-ring (bicyclic) bond motifs is 1. The molecule has 4 aromatic carbocycles. The Bertz CT molecular complexity index is 4030. The van der Waals surface area contributed by atoms with E-state index in [4.69, 9.17) is 14.2 Å². The van der Waals surface area contributed by atoms with Gasteiger partial charge in [0.2, 0.25) is 57.3 Å². The van der Waals surface area contributed by atoms with Crippen LogP contribution >= 0.6 is 0 Å². The first-order valence-electron chi connectivity index (χ1n) is 34.1. The van der Waals surface area contributed by atoms with Crippen molar-refractivity contribution in [3.05, 3.63) is 132 Å². The average molecular weight is 1430 g/mol. The second kappa shape index (κ2) is 33.8. The lowest BCUT2D eigenvalue weighted by Gasteiger charge is -2.36. The first-order chi connectivity index (χ1) is 48.5. The number of hydrogen-bond donors (Lipinski definition) is 10. The molecular weight excluding hydrogens is 1340 g/mol. The number of carbonyl (C=O) groups is 10. The lowest BCUT2D eigenvalue weighted by atomic mass is 9.85. The number of nitrogens with zero attached hydrogens (tertiary/aromatic N) is 5. The summed E-state index contributed by atoms with van der Waals surface area (Å²) in [5.74, 6) is -6.90. The fraction of sp³-hybridized carbons (Fsp3) is 0.493. The first kappa shape index (κ1) is 76.3. The maximum atomic E-state index is 15.1. The molecule has 2 saturated heterocycles. The molecule has 1 saturated carbocycles. The normalized spacial score (nSPS) is 23.4. The Morgan fingerprint density at radius 3 is 1.89 bits per heavy atom. The predicted molar refractivity (Wildman–Crippen MR) is 373 cm³/mol. The quantitative estimate of drug-likeness (QED) is 0.0694. The zero-order valence-corrected chi connectivity index (χ0v) is 59.4. The number of ether oxygens (including phenoxy) is 3. The topological polar surface area (TPSA) is 398 Å². The molecule has 548 valence electrons. The molecular formula is C71H92N14O16S. The number of likely N-dealkylation sites (N-methyl/N-ethyl adjacent to an activating group) is 2. The van der Waals surface area contributed by atoms with Crippen LogP contribution in [0.1, 0.15) is 103 Å². The summed E-state index contributed by atoms with van der Waals surface area (Å²) in [5.41, 5.74) is 1.06. The number of sulfonamides is 1. The zero-order valence-electron chi connectivity index (χ0n) is 58.6. The molecule has 12 rings (SSSR count). The van der Waals surface area contributed by atoms with E-state index in [1.807, 2.05) is 36.4 Å². The molecule has 12 atom stereocenters. The van der Waals surface area contributed by atoms with E-state index < -0.39 is 152 Å². The molecule has 3 fully saturated rings. The van der Waals surface area contributed by atoms with E-state index in [9.17, 15) is 56.7 Å². The van der Waals surface area contributed by atoms with Gasteiger partial charge in [0, 0.05) is 45.2 Å². The van der Waals surface area contributed by atoms with Gasteiger partial charge in [0.15, 0.2) is 0 Å². The van der Waals surface area contributed by atoms with Crippen LogP contribution < -0.4 is 56.7 Å².